The third-order valence-corrected chi connectivity index (χ3v) is 3.99. The average molecular weight is 343 g/mol. The number of carboxylic acids is 1. The lowest BCUT2D eigenvalue weighted by molar-refractivity contribution is -0.142. The quantitative estimate of drug-likeness (QED) is 0.842. The molecule has 0 heterocycles. The number of carbonyl (C=O) groups excluding carboxylic acids is 1. The number of rotatable bonds is 6. The fraction of sp³-hybridized carbons (Fsp3) is 0.263. The minimum atomic E-state index is -1.12. The Kier molecular flexibility index (Phi) is 6.00. The van der Waals surface area contributed by atoms with Crippen molar-refractivity contribution in [3.8, 4) is 5.75 Å². The molecule has 2 aromatic rings. The Morgan fingerprint density at radius 1 is 1.16 bits per heavy atom. The van der Waals surface area contributed by atoms with Gasteiger partial charge in [0.2, 0.25) is 0 Å². The Balaban J connectivity index is 2.05. The molecule has 6 heteroatoms. The van der Waals surface area contributed by atoms with Crippen molar-refractivity contribution in [1.29, 1.82) is 0 Å². The molecule has 2 aromatic carbocycles. The number of aliphatic carboxylic acids is 1. The van der Waals surface area contributed by atoms with Gasteiger partial charge in [0.15, 0.2) is 0 Å². The first-order chi connectivity index (χ1) is 11.9. The zero-order valence-electron chi connectivity index (χ0n) is 14.2. The SMILES string of the molecule is Cc1cc(O)ccc1C[C@@H](C(=O)O)N(C)C(=O)OCc1ccccc1. The molecule has 0 saturated heterocycles. The maximum Gasteiger partial charge on any atom is 0.410 e. The molecule has 0 aliphatic rings. The van der Waals surface area contributed by atoms with Gasteiger partial charge in [-0.05, 0) is 35.7 Å². The van der Waals surface area contributed by atoms with Crippen molar-refractivity contribution in [2.75, 3.05) is 7.05 Å². The third kappa shape index (κ3) is 4.97. The van der Waals surface area contributed by atoms with Crippen LogP contribution < -0.4 is 0 Å². The summed E-state index contributed by atoms with van der Waals surface area (Å²) in [6, 6.07) is 12.8. The molecule has 132 valence electrons. The first kappa shape index (κ1) is 18.3. The van der Waals surface area contributed by atoms with Crippen LogP contribution in [0.25, 0.3) is 0 Å². The van der Waals surface area contributed by atoms with Crippen LogP contribution in [0.3, 0.4) is 0 Å². The van der Waals surface area contributed by atoms with Gasteiger partial charge in [-0.3, -0.25) is 4.90 Å². The van der Waals surface area contributed by atoms with Crippen LogP contribution in [0, 0.1) is 6.92 Å². The Bertz CT molecular complexity index is 745. The highest BCUT2D eigenvalue weighted by Crippen LogP contribution is 2.19. The van der Waals surface area contributed by atoms with E-state index in [9.17, 15) is 19.8 Å². The standard InChI is InChI=1S/C19H21NO5/c1-13-10-16(21)9-8-15(13)11-17(18(22)23)20(2)19(24)25-12-14-6-4-3-5-7-14/h3-10,17,21H,11-12H2,1-2H3,(H,22,23)/t17-/m0/s1. The smallest absolute Gasteiger partial charge is 0.410 e. The lowest BCUT2D eigenvalue weighted by atomic mass is 10.0. The number of ether oxygens (including phenoxy) is 1. The van der Waals surface area contributed by atoms with Crippen LogP contribution in [0.15, 0.2) is 48.5 Å². The van der Waals surface area contributed by atoms with E-state index in [2.05, 4.69) is 0 Å². The van der Waals surface area contributed by atoms with Gasteiger partial charge >= 0.3 is 12.1 Å². The number of amides is 1. The van der Waals surface area contributed by atoms with Gasteiger partial charge in [0.1, 0.15) is 18.4 Å². The molecule has 0 aliphatic carbocycles. The number of benzene rings is 2. The predicted molar refractivity (Wildman–Crippen MR) is 92.4 cm³/mol. The summed E-state index contributed by atoms with van der Waals surface area (Å²) in [5.74, 6) is -1.00. The van der Waals surface area contributed by atoms with Crippen molar-refractivity contribution < 1.29 is 24.5 Å². The molecule has 1 atom stereocenters. The third-order valence-electron chi connectivity index (χ3n) is 3.99. The molecular weight excluding hydrogens is 322 g/mol. The second-order valence-corrected chi connectivity index (χ2v) is 5.82. The molecule has 0 saturated carbocycles. The predicted octanol–water partition coefficient (Wildman–Crippen LogP) is 2.96. The highest BCUT2D eigenvalue weighted by atomic mass is 16.6. The number of carboxylic acid groups (broad SMARTS) is 1. The number of carbonyl (C=O) groups is 2. The zero-order chi connectivity index (χ0) is 18.4. The summed E-state index contributed by atoms with van der Waals surface area (Å²) in [7, 11) is 1.40. The van der Waals surface area contributed by atoms with Gasteiger partial charge in [-0.2, -0.15) is 0 Å². The topological polar surface area (TPSA) is 87.1 Å². The summed E-state index contributed by atoms with van der Waals surface area (Å²) in [5, 5.41) is 18.9. The largest absolute Gasteiger partial charge is 0.508 e. The van der Waals surface area contributed by atoms with E-state index in [-0.39, 0.29) is 18.8 Å². The number of aromatic hydroxyl groups is 1. The van der Waals surface area contributed by atoms with Crippen LogP contribution in [0.1, 0.15) is 16.7 Å². The first-order valence-electron chi connectivity index (χ1n) is 7.83. The fourth-order valence-corrected chi connectivity index (χ4v) is 2.46. The van der Waals surface area contributed by atoms with Gasteiger partial charge in [-0.25, -0.2) is 9.59 Å². The number of likely N-dealkylation sites (N-methyl/N-ethyl adjacent to an activating group) is 1. The molecular formula is C19H21NO5. The number of aryl methyl sites for hydroxylation is 1. The van der Waals surface area contributed by atoms with E-state index >= 15 is 0 Å². The van der Waals surface area contributed by atoms with Crippen molar-refractivity contribution in [2.45, 2.75) is 26.0 Å². The van der Waals surface area contributed by atoms with E-state index in [4.69, 9.17) is 4.74 Å². The molecule has 1 amide bonds. The van der Waals surface area contributed by atoms with E-state index in [0.717, 1.165) is 21.6 Å². The monoisotopic (exact) mass is 343 g/mol. The van der Waals surface area contributed by atoms with Gasteiger partial charge in [0.05, 0.1) is 0 Å². The summed E-state index contributed by atoms with van der Waals surface area (Å²) in [6.45, 7) is 1.86. The van der Waals surface area contributed by atoms with Crippen molar-refractivity contribution in [1.82, 2.24) is 4.90 Å². The summed E-state index contributed by atoms with van der Waals surface area (Å²) in [5.41, 5.74) is 2.33. The van der Waals surface area contributed by atoms with Crippen molar-refractivity contribution in [2.24, 2.45) is 0 Å². The van der Waals surface area contributed by atoms with Gasteiger partial charge in [-0.15, -0.1) is 0 Å². The molecule has 25 heavy (non-hydrogen) atoms. The van der Waals surface area contributed by atoms with Gasteiger partial charge < -0.3 is 14.9 Å². The number of hydrogen-bond donors (Lipinski definition) is 2. The van der Waals surface area contributed by atoms with E-state index in [0.29, 0.717) is 0 Å². The lowest BCUT2D eigenvalue weighted by Gasteiger charge is -2.25. The number of phenolic OH excluding ortho intramolecular Hbond substituents is 1. The van der Waals surface area contributed by atoms with E-state index < -0.39 is 18.1 Å². The second-order valence-electron chi connectivity index (χ2n) is 5.82. The van der Waals surface area contributed by atoms with Crippen molar-refractivity contribution in [3.05, 3.63) is 65.2 Å². The summed E-state index contributed by atoms with van der Waals surface area (Å²) in [4.78, 5) is 24.9. The Morgan fingerprint density at radius 3 is 2.44 bits per heavy atom. The van der Waals surface area contributed by atoms with Crippen LogP contribution in [0.2, 0.25) is 0 Å². The lowest BCUT2D eigenvalue weighted by Crippen LogP contribution is -2.44. The van der Waals surface area contributed by atoms with Crippen LogP contribution in [0.5, 0.6) is 5.75 Å². The number of phenols is 1. The molecule has 0 unspecified atom stereocenters. The zero-order valence-corrected chi connectivity index (χ0v) is 14.2. The molecule has 0 aromatic heterocycles. The van der Waals surface area contributed by atoms with E-state index in [1.54, 1.807) is 19.1 Å². The van der Waals surface area contributed by atoms with Gasteiger partial charge in [0.25, 0.3) is 0 Å². The van der Waals surface area contributed by atoms with Gasteiger partial charge in [-0.1, -0.05) is 36.4 Å². The fourth-order valence-electron chi connectivity index (χ4n) is 2.46. The molecule has 6 nitrogen and oxygen atoms in total. The Morgan fingerprint density at radius 2 is 1.84 bits per heavy atom. The van der Waals surface area contributed by atoms with Crippen molar-refractivity contribution >= 4 is 12.1 Å². The Labute approximate surface area is 146 Å². The maximum atomic E-state index is 12.2. The molecule has 0 radical (unpaired) electrons. The molecule has 2 rings (SSSR count). The maximum absolute atomic E-state index is 12.2. The summed E-state index contributed by atoms with van der Waals surface area (Å²) in [6.07, 6.45) is -0.578. The molecule has 0 bridgehead atoms. The summed E-state index contributed by atoms with van der Waals surface area (Å²) < 4.78 is 5.19. The van der Waals surface area contributed by atoms with Crippen LogP contribution in [-0.2, 0) is 22.6 Å². The molecule has 2 N–H and O–H groups in total. The second kappa shape index (κ2) is 8.19. The van der Waals surface area contributed by atoms with Crippen molar-refractivity contribution in [3.63, 3.8) is 0 Å². The highest BCUT2D eigenvalue weighted by Gasteiger charge is 2.28. The average Bonchev–Trinajstić information content (AvgIpc) is 2.59. The van der Waals surface area contributed by atoms with E-state index in [1.165, 1.54) is 13.1 Å². The highest BCUT2D eigenvalue weighted by molar-refractivity contribution is 5.80. The minimum absolute atomic E-state index is 0.0780. The molecule has 0 spiro atoms. The molecule has 0 aliphatic heterocycles. The van der Waals surface area contributed by atoms with Crippen LogP contribution in [0.4, 0.5) is 4.79 Å². The summed E-state index contributed by atoms with van der Waals surface area (Å²) >= 11 is 0. The normalized spacial score (nSPS) is 11.6. The first-order valence-corrected chi connectivity index (χ1v) is 7.83. The van der Waals surface area contributed by atoms with Crippen LogP contribution in [-0.4, -0.2) is 40.3 Å². The molecule has 0 fully saturated rings. The van der Waals surface area contributed by atoms with Crippen LogP contribution >= 0.6 is 0 Å². The Hall–Kier alpha value is -3.02. The van der Waals surface area contributed by atoms with Gasteiger partial charge in [0, 0.05) is 13.5 Å². The number of hydrogen-bond acceptors (Lipinski definition) is 4. The number of nitrogens with zero attached hydrogens (tertiary/aromatic N) is 1. The van der Waals surface area contributed by atoms with E-state index in [1.807, 2.05) is 30.3 Å². The minimum Gasteiger partial charge on any atom is -0.508 e.